The van der Waals surface area contributed by atoms with E-state index >= 15 is 0 Å². The number of terminal acetylenes is 1. The molecule has 126 valence electrons. The first-order valence-electron chi connectivity index (χ1n) is 6.95. The zero-order valence-electron chi connectivity index (χ0n) is 16.9. The van der Waals surface area contributed by atoms with Crippen LogP contribution in [0.25, 0.3) is 0 Å². The number of rotatable bonds is 1. The molecule has 2 heterocycles. The maximum Gasteiger partial charge on any atom is 1.00 e. The van der Waals surface area contributed by atoms with Crippen LogP contribution in [0, 0.1) is 23.8 Å². The van der Waals surface area contributed by atoms with Gasteiger partial charge in [-0.2, -0.15) is 0 Å². The largest absolute Gasteiger partial charge is 1.00 e. The van der Waals surface area contributed by atoms with Gasteiger partial charge in [0.25, 0.3) is 6.47 Å². The van der Waals surface area contributed by atoms with Crippen LogP contribution in [0.3, 0.4) is 0 Å². The summed E-state index contributed by atoms with van der Waals surface area (Å²) in [5.74, 6) is 5.64. The maximum absolute atomic E-state index is 8.64. The first-order chi connectivity index (χ1) is 11.4. The molecule has 2 aromatic rings. The summed E-state index contributed by atoms with van der Waals surface area (Å²) in [5, 5.41) is 8.43. The minimum atomic E-state index is -1.22. The Morgan fingerprint density at radius 2 is 1.42 bits per heavy atom. The van der Waals surface area contributed by atoms with Gasteiger partial charge in [0.05, 0.1) is 0 Å². The molecular weight excluding hydrogens is 398 g/mol. The SMILES string of the molecule is C#Cc1ccncc1.C[Si](C)(C)C#Cc1ccncc1.O=CO[O-].[H-].[K+].[K+]. The molecule has 8 heteroatoms. The van der Waals surface area contributed by atoms with E-state index in [1.165, 1.54) is 0 Å². The summed E-state index contributed by atoms with van der Waals surface area (Å²) in [7, 11) is -1.22. The number of carbonyl (C=O) groups excluding carboxylic acids is 1. The van der Waals surface area contributed by atoms with Gasteiger partial charge >= 0.3 is 103 Å². The number of hydrogen-bond acceptors (Lipinski definition) is 5. The normalized spacial score (nSPS) is 7.96. The summed E-state index contributed by atoms with van der Waals surface area (Å²) in [6.07, 6.45) is 12.0. The third-order valence-corrected chi connectivity index (χ3v) is 3.02. The zero-order chi connectivity index (χ0) is 18.3. The van der Waals surface area contributed by atoms with Crippen molar-refractivity contribution >= 4 is 14.5 Å². The minimum absolute atomic E-state index is 0. The van der Waals surface area contributed by atoms with Gasteiger partial charge in [-0.3, -0.25) is 14.8 Å². The van der Waals surface area contributed by atoms with Crippen LogP contribution in [0.5, 0.6) is 0 Å². The molecule has 0 aromatic carbocycles. The molecule has 0 fully saturated rings. The Kier molecular flexibility index (Phi) is 24.0. The van der Waals surface area contributed by atoms with E-state index in [1.54, 1.807) is 36.9 Å². The molecule has 0 saturated carbocycles. The fraction of sp³-hybridized carbons (Fsp3) is 0.167. The van der Waals surface area contributed by atoms with Gasteiger partial charge in [-0.05, 0) is 24.3 Å². The topological polar surface area (TPSA) is 75.1 Å². The molecule has 0 unspecified atom stereocenters. The molecule has 26 heavy (non-hydrogen) atoms. The molecule has 0 aliphatic heterocycles. The summed E-state index contributed by atoms with van der Waals surface area (Å²) < 4.78 is 0. The molecule has 0 saturated heterocycles. The third kappa shape index (κ3) is 20.6. The summed E-state index contributed by atoms with van der Waals surface area (Å²) >= 11 is 0. The molecule has 2 aromatic heterocycles. The quantitative estimate of drug-likeness (QED) is 0.155. The molecule has 0 aliphatic rings. The van der Waals surface area contributed by atoms with Crippen molar-refractivity contribution in [3.05, 3.63) is 60.2 Å². The summed E-state index contributed by atoms with van der Waals surface area (Å²) in [6.45, 7) is 6.53. The second kappa shape index (κ2) is 20.1. The molecule has 2 rings (SSSR count). The van der Waals surface area contributed by atoms with Gasteiger partial charge in [-0.1, -0.05) is 31.5 Å². The van der Waals surface area contributed by atoms with Crippen LogP contribution < -0.4 is 108 Å². The van der Waals surface area contributed by atoms with Crippen LogP contribution in [-0.4, -0.2) is 24.5 Å². The average Bonchev–Trinajstić information content (AvgIpc) is 2.62. The van der Waals surface area contributed by atoms with Crippen LogP contribution in [0.2, 0.25) is 19.6 Å². The van der Waals surface area contributed by atoms with Crippen LogP contribution in [0.4, 0.5) is 0 Å². The number of hydrogen-bond donors (Lipinski definition) is 0. The first kappa shape index (κ1) is 31.0. The standard InChI is InChI=1S/C10H13NSi.C7H5N.CH2O3.2K.H/c1-12(2,3)9-6-10-4-7-11-8-5-10;1-2-7-3-5-8-6-4-7;2-1-4-3;;;/h4-5,7-8H,1-3H3;1,3-6H;1,3H;;;/q;;;2*+1;-1/p-1. The van der Waals surface area contributed by atoms with Crippen molar-refractivity contribution in [3.63, 3.8) is 0 Å². The predicted molar refractivity (Wildman–Crippen MR) is 94.9 cm³/mol. The van der Waals surface area contributed by atoms with Crippen molar-refractivity contribution in [2.24, 2.45) is 0 Å². The van der Waals surface area contributed by atoms with E-state index in [2.05, 4.69) is 51.9 Å². The fourth-order valence-electron chi connectivity index (χ4n) is 1.14. The van der Waals surface area contributed by atoms with Gasteiger partial charge in [0.15, 0.2) is 0 Å². The van der Waals surface area contributed by atoms with Gasteiger partial charge in [0.2, 0.25) is 0 Å². The Labute approximate surface area is 243 Å². The second-order valence-corrected chi connectivity index (χ2v) is 10.1. The molecule has 0 atom stereocenters. The molecular formula is C18H20K2N2O3Si. The average molecular weight is 419 g/mol. The van der Waals surface area contributed by atoms with Gasteiger partial charge in [-0.25, -0.2) is 0 Å². The Bertz CT molecular complexity index is 698. The van der Waals surface area contributed by atoms with E-state index in [0.717, 1.165) is 11.1 Å². The van der Waals surface area contributed by atoms with Crippen molar-refractivity contribution in [2.45, 2.75) is 19.6 Å². The van der Waals surface area contributed by atoms with Crippen molar-refractivity contribution in [1.82, 2.24) is 9.97 Å². The predicted octanol–water partition coefficient (Wildman–Crippen LogP) is -4.07. The van der Waals surface area contributed by atoms with Crippen molar-refractivity contribution in [1.29, 1.82) is 0 Å². The maximum atomic E-state index is 8.64. The van der Waals surface area contributed by atoms with E-state index in [4.69, 9.17) is 16.5 Å². The molecule has 0 bridgehead atoms. The summed E-state index contributed by atoms with van der Waals surface area (Å²) in [4.78, 5) is 19.0. The van der Waals surface area contributed by atoms with E-state index < -0.39 is 8.07 Å². The number of pyridine rings is 2. The van der Waals surface area contributed by atoms with Crippen LogP contribution in [-0.2, 0) is 9.68 Å². The smallest absolute Gasteiger partial charge is 1.00 e. The van der Waals surface area contributed by atoms with E-state index in [0.29, 0.717) is 0 Å². The van der Waals surface area contributed by atoms with Gasteiger partial charge in [0.1, 0.15) is 8.07 Å². The van der Waals surface area contributed by atoms with Gasteiger partial charge < -0.3 is 11.6 Å². The van der Waals surface area contributed by atoms with Gasteiger partial charge in [-0.15, -0.1) is 12.0 Å². The molecule has 0 radical (unpaired) electrons. The molecule has 0 aliphatic carbocycles. The van der Waals surface area contributed by atoms with Gasteiger partial charge in [0, 0.05) is 35.9 Å². The fourth-order valence-corrected chi connectivity index (χ4v) is 1.66. The van der Waals surface area contributed by atoms with Crippen LogP contribution in [0.15, 0.2) is 49.1 Å². The number of carbonyl (C=O) groups is 1. The van der Waals surface area contributed by atoms with E-state index in [9.17, 15) is 0 Å². The number of nitrogens with zero attached hydrogens (tertiary/aromatic N) is 2. The van der Waals surface area contributed by atoms with Crippen molar-refractivity contribution < 1.29 is 119 Å². The monoisotopic (exact) mass is 418 g/mol. The second-order valence-electron chi connectivity index (χ2n) is 5.31. The third-order valence-electron chi connectivity index (χ3n) is 2.15. The summed E-state index contributed by atoms with van der Waals surface area (Å²) in [6, 6.07) is 7.46. The molecule has 0 N–H and O–H groups in total. The molecule has 0 spiro atoms. The first-order valence-corrected chi connectivity index (χ1v) is 10.4. The Balaban J connectivity index is -0.000000155. The Morgan fingerprint density at radius 3 is 1.69 bits per heavy atom. The Morgan fingerprint density at radius 1 is 1.04 bits per heavy atom. The van der Waals surface area contributed by atoms with Crippen molar-refractivity contribution in [3.8, 4) is 23.8 Å². The minimum Gasteiger partial charge on any atom is -1.00 e. The van der Waals surface area contributed by atoms with E-state index in [1.807, 2.05) is 12.1 Å². The molecule has 5 nitrogen and oxygen atoms in total. The molecule has 0 amide bonds. The van der Waals surface area contributed by atoms with Crippen molar-refractivity contribution in [2.75, 3.05) is 0 Å². The van der Waals surface area contributed by atoms with Crippen LogP contribution in [0.1, 0.15) is 12.6 Å². The number of aromatic nitrogens is 2. The van der Waals surface area contributed by atoms with Crippen LogP contribution >= 0.6 is 0 Å². The zero-order valence-corrected chi connectivity index (χ0v) is 23.1. The Hall–Kier alpha value is 0.340. The van der Waals surface area contributed by atoms with E-state index in [-0.39, 0.29) is 111 Å². The summed E-state index contributed by atoms with van der Waals surface area (Å²) in [5.41, 5.74) is 5.24.